The number of amides is 1. The van der Waals surface area contributed by atoms with E-state index in [0.29, 0.717) is 17.3 Å². The van der Waals surface area contributed by atoms with Gasteiger partial charge in [0, 0.05) is 5.56 Å². The van der Waals surface area contributed by atoms with Crippen molar-refractivity contribution in [3.05, 3.63) is 59.2 Å². The van der Waals surface area contributed by atoms with Gasteiger partial charge in [-0.3, -0.25) is 4.79 Å². The second-order valence-corrected chi connectivity index (χ2v) is 6.80. The van der Waals surface area contributed by atoms with Crippen molar-refractivity contribution in [2.24, 2.45) is 0 Å². The zero-order chi connectivity index (χ0) is 18.1. The molecule has 1 atom stereocenters. The molecule has 8 heteroatoms. The largest absolute Gasteiger partial charge is 0.441 e. The summed E-state index contributed by atoms with van der Waals surface area (Å²) in [5, 5.41) is 7.10. The van der Waals surface area contributed by atoms with Crippen molar-refractivity contribution in [1.29, 1.82) is 0 Å². The second kappa shape index (κ2) is 6.72. The van der Waals surface area contributed by atoms with Crippen molar-refractivity contribution in [3.8, 4) is 11.5 Å². The van der Waals surface area contributed by atoms with Crippen molar-refractivity contribution < 1.29 is 9.21 Å². The van der Waals surface area contributed by atoms with Crippen LogP contribution in [0.3, 0.4) is 0 Å². The Morgan fingerprint density at radius 1 is 1.31 bits per heavy atom. The van der Waals surface area contributed by atoms with Crippen LogP contribution in [0.1, 0.15) is 30.1 Å². The summed E-state index contributed by atoms with van der Waals surface area (Å²) in [7, 11) is 0. The fraction of sp³-hybridized carbons (Fsp3) is 0.222. The van der Waals surface area contributed by atoms with Crippen LogP contribution in [0.25, 0.3) is 16.4 Å². The van der Waals surface area contributed by atoms with E-state index in [2.05, 4.69) is 20.4 Å². The number of imidazole rings is 1. The number of carbonyl (C=O) groups excluding carboxylic acids is 1. The van der Waals surface area contributed by atoms with E-state index in [-0.39, 0.29) is 18.4 Å². The van der Waals surface area contributed by atoms with E-state index in [9.17, 15) is 4.79 Å². The summed E-state index contributed by atoms with van der Waals surface area (Å²) in [5.74, 6) is 1.05. The number of fused-ring (bicyclic) bond motifs is 1. The minimum atomic E-state index is -0.211. The molecule has 0 aliphatic rings. The van der Waals surface area contributed by atoms with Crippen LogP contribution >= 0.6 is 11.3 Å². The molecule has 132 valence electrons. The van der Waals surface area contributed by atoms with Crippen LogP contribution in [0.2, 0.25) is 0 Å². The van der Waals surface area contributed by atoms with E-state index < -0.39 is 0 Å². The van der Waals surface area contributed by atoms with Crippen LogP contribution in [-0.4, -0.2) is 25.5 Å². The van der Waals surface area contributed by atoms with Crippen molar-refractivity contribution in [2.45, 2.75) is 26.3 Å². The topological polar surface area (TPSA) is 85.3 Å². The third kappa shape index (κ3) is 3.23. The zero-order valence-corrected chi connectivity index (χ0v) is 15.2. The lowest BCUT2D eigenvalue weighted by molar-refractivity contribution is -0.121. The number of benzene rings is 1. The summed E-state index contributed by atoms with van der Waals surface area (Å²) in [6, 6.07) is 9.42. The van der Waals surface area contributed by atoms with Crippen molar-refractivity contribution >= 4 is 22.2 Å². The molecule has 4 aromatic rings. The van der Waals surface area contributed by atoms with Crippen LogP contribution in [-0.2, 0) is 11.2 Å². The standard InChI is InChI=1S/C18H17N5O2S/c1-11(15-9-23-18(22-15)26-10-19-23)20-16(24)8-14-12(2)25-17(21-14)13-6-4-3-5-7-13/h3-7,9-11H,8H2,1-2H3,(H,20,24). The predicted molar refractivity (Wildman–Crippen MR) is 97.8 cm³/mol. The van der Waals surface area contributed by atoms with Crippen LogP contribution in [0.15, 0.2) is 46.5 Å². The highest BCUT2D eigenvalue weighted by atomic mass is 32.1. The predicted octanol–water partition coefficient (Wildman–Crippen LogP) is 3.17. The lowest BCUT2D eigenvalue weighted by Gasteiger charge is -2.10. The normalized spacial score (nSPS) is 12.4. The smallest absolute Gasteiger partial charge is 0.226 e. The van der Waals surface area contributed by atoms with Crippen LogP contribution in [0, 0.1) is 6.92 Å². The molecular formula is C18H17N5O2S. The lowest BCUT2D eigenvalue weighted by Crippen LogP contribution is -2.28. The lowest BCUT2D eigenvalue weighted by atomic mass is 10.2. The summed E-state index contributed by atoms with van der Waals surface area (Å²) < 4.78 is 7.41. The SMILES string of the molecule is Cc1oc(-c2ccccc2)nc1CC(=O)NC(C)c1cn2ncsc2n1. The summed E-state index contributed by atoms with van der Waals surface area (Å²) in [6.45, 7) is 3.72. The van der Waals surface area contributed by atoms with Gasteiger partial charge in [0.05, 0.1) is 30.0 Å². The molecule has 0 spiro atoms. The average Bonchev–Trinajstić information content (AvgIpc) is 3.31. The molecule has 1 aromatic carbocycles. The molecule has 0 saturated carbocycles. The molecule has 1 unspecified atom stereocenters. The van der Waals surface area contributed by atoms with Crippen molar-refractivity contribution in [2.75, 3.05) is 0 Å². The number of nitrogens with zero attached hydrogens (tertiary/aromatic N) is 4. The maximum Gasteiger partial charge on any atom is 0.226 e. The Labute approximate surface area is 153 Å². The van der Waals surface area contributed by atoms with E-state index in [4.69, 9.17) is 4.42 Å². The van der Waals surface area contributed by atoms with E-state index in [1.54, 1.807) is 10.0 Å². The first-order chi connectivity index (χ1) is 12.6. The molecule has 0 aliphatic heterocycles. The number of rotatable bonds is 5. The minimum absolute atomic E-state index is 0.127. The maximum absolute atomic E-state index is 12.4. The number of hydrogen-bond acceptors (Lipinski definition) is 6. The highest BCUT2D eigenvalue weighted by Gasteiger charge is 2.18. The molecule has 7 nitrogen and oxygen atoms in total. The number of aromatic nitrogens is 4. The van der Waals surface area contributed by atoms with Gasteiger partial charge in [0.25, 0.3) is 0 Å². The van der Waals surface area contributed by atoms with Gasteiger partial charge in [0.15, 0.2) is 0 Å². The number of oxazole rings is 1. The molecule has 1 amide bonds. The van der Waals surface area contributed by atoms with E-state index in [1.165, 1.54) is 11.3 Å². The molecule has 1 N–H and O–H groups in total. The Morgan fingerprint density at radius 3 is 2.88 bits per heavy atom. The molecule has 26 heavy (non-hydrogen) atoms. The molecule has 0 fully saturated rings. The van der Waals surface area contributed by atoms with Gasteiger partial charge in [-0.25, -0.2) is 14.5 Å². The van der Waals surface area contributed by atoms with E-state index in [1.807, 2.05) is 50.4 Å². The van der Waals surface area contributed by atoms with E-state index in [0.717, 1.165) is 16.2 Å². The number of nitrogens with one attached hydrogen (secondary N) is 1. The molecule has 0 radical (unpaired) electrons. The quantitative estimate of drug-likeness (QED) is 0.585. The van der Waals surface area contributed by atoms with Gasteiger partial charge in [0.1, 0.15) is 11.3 Å². The number of carbonyl (C=O) groups is 1. The second-order valence-electron chi connectivity index (χ2n) is 5.99. The molecule has 0 aliphatic carbocycles. The first-order valence-corrected chi connectivity index (χ1v) is 9.08. The Hall–Kier alpha value is -3.00. The highest BCUT2D eigenvalue weighted by molar-refractivity contribution is 7.14. The van der Waals surface area contributed by atoms with Crippen LogP contribution in [0.5, 0.6) is 0 Å². The molecular weight excluding hydrogens is 350 g/mol. The van der Waals surface area contributed by atoms with E-state index >= 15 is 0 Å². The first-order valence-electron chi connectivity index (χ1n) is 8.20. The Bertz CT molecular complexity index is 1020. The van der Waals surface area contributed by atoms with Gasteiger partial charge < -0.3 is 9.73 Å². The first kappa shape index (κ1) is 16.5. The van der Waals surface area contributed by atoms with Gasteiger partial charge in [-0.2, -0.15) is 5.10 Å². The minimum Gasteiger partial charge on any atom is -0.441 e. The summed E-state index contributed by atoms with van der Waals surface area (Å²) >= 11 is 1.46. The van der Waals surface area contributed by atoms with Crippen LogP contribution in [0.4, 0.5) is 0 Å². The van der Waals surface area contributed by atoms with Gasteiger partial charge in [-0.15, -0.1) is 0 Å². The van der Waals surface area contributed by atoms with Crippen molar-refractivity contribution in [3.63, 3.8) is 0 Å². The summed E-state index contributed by atoms with van der Waals surface area (Å²) in [6.07, 6.45) is 1.98. The fourth-order valence-electron chi connectivity index (χ4n) is 2.68. The van der Waals surface area contributed by atoms with Crippen LogP contribution < -0.4 is 5.32 Å². The van der Waals surface area contributed by atoms with Gasteiger partial charge in [-0.05, 0) is 26.0 Å². The molecule has 3 heterocycles. The highest BCUT2D eigenvalue weighted by Crippen LogP contribution is 2.22. The van der Waals surface area contributed by atoms with Gasteiger partial charge >= 0.3 is 0 Å². The maximum atomic E-state index is 12.4. The monoisotopic (exact) mass is 367 g/mol. The van der Waals surface area contributed by atoms with Gasteiger partial charge in [0.2, 0.25) is 16.8 Å². The fourth-order valence-corrected chi connectivity index (χ4v) is 3.29. The Morgan fingerprint density at radius 2 is 2.12 bits per heavy atom. The summed E-state index contributed by atoms with van der Waals surface area (Å²) in [5.41, 5.74) is 4.04. The molecule has 4 rings (SSSR count). The Balaban J connectivity index is 1.44. The third-order valence-electron chi connectivity index (χ3n) is 4.07. The number of hydrogen-bond donors (Lipinski definition) is 1. The molecule has 0 saturated heterocycles. The Kier molecular flexibility index (Phi) is 4.26. The third-order valence-corrected chi connectivity index (χ3v) is 4.76. The number of aryl methyl sites for hydroxylation is 1. The molecule has 0 bridgehead atoms. The van der Waals surface area contributed by atoms with Crippen molar-refractivity contribution in [1.82, 2.24) is 24.9 Å². The average molecular weight is 367 g/mol. The zero-order valence-electron chi connectivity index (χ0n) is 14.3. The molecule has 3 aromatic heterocycles. The summed E-state index contributed by atoms with van der Waals surface area (Å²) in [4.78, 5) is 22.1. The van der Waals surface area contributed by atoms with Gasteiger partial charge in [-0.1, -0.05) is 29.5 Å².